The molecule has 1 heterocycles. The Morgan fingerprint density at radius 1 is 0.935 bits per heavy atom. The minimum Gasteiger partial charge on any atom is -0.319 e. The first kappa shape index (κ1) is 20.6. The topological polar surface area (TPSA) is 59.8 Å². The molecule has 0 aliphatic carbocycles. The molecule has 156 valence electrons. The van der Waals surface area contributed by atoms with Gasteiger partial charge in [0.2, 0.25) is 5.82 Å². The van der Waals surface area contributed by atoms with E-state index in [0.717, 1.165) is 12.1 Å². The molecule has 0 atom stereocenters. The molecule has 0 radical (unpaired) electrons. The number of carbonyl (C=O) groups excluding carboxylic acids is 1. The molecule has 9 heteroatoms. The summed E-state index contributed by atoms with van der Waals surface area (Å²) in [5, 5.41) is 7.17. The Kier molecular flexibility index (Phi) is 5.48. The lowest BCUT2D eigenvalue weighted by atomic mass is 10.2. The number of carbonyl (C=O) groups is 1. The molecule has 4 aromatic rings. The van der Waals surface area contributed by atoms with Crippen molar-refractivity contribution in [1.82, 2.24) is 14.8 Å². The molecule has 4 rings (SSSR count). The molecule has 0 unspecified atom stereocenters. The maximum absolute atomic E-state index is 12.9. The van der Waals surface area contributed by atoms with E-state index in [1.54, 1.807) is 36.4 Å². The lowest BCUT2D eigenvalue weighted by molar-refractivity contribution is -0.137. The smallest absolute Gasteiger partial charge is 0.319 e. The van der Waals surface area contributed by atoms with Crippen LogP contribution in [0.25, 0.3) is 17.1 Å². The third-order valence-corrected chi connectivity index (χ3v) is 4.58. The summed E-state index contributed by atoms with van der Waals surface area (Å²) in [6.07, 6.45) is -4.52. The van der Waals surface area contributed by atoms with Gasteiger partial charge in [-0.25, -0.2) is 9.67 Å². The van der Waals surface area contributed by atoms with Crippen LogP contribution in [0.1, 0.15) is 16.2 Å². The summed E-state index contributed by atoms with van der Waals surface area (Å²) >= 11 is 6.09. The summed E-state index contributed by atoms with van der Waals surface area (Å²) in [5.41, 5.74) is 0.401. The minimum atomic E-state index is -4.52. The Morgan fingerprint density at radius 2 is 1.68 bits per heavy atom. The average Bonchev–Trinajstić information content (AvgIpc) is 3.20. The number of hydrogen-bond acceptors (Lipinski definition) is 3. The second-order valence-electron chi connectivity index (χ2n) is 6.55. The maximum atomic E-state index is 12.9. The summed E-state index contributed by atoms with van der Waals surface area (Å²) in [6, 6.07) is 20.3. The molecule has 0 fully saturated rings. The molecule has 1 aromatic heterocycles. The average molecular weight is 443 g/mol. The van der Waals surface area contributed by atoms with Crippen molar-refractivity contribution in [1.29, 1.82) is 0 Å². The van der Waals surface area contributed by atoms with Gasteiger partial charge in [-0.1, -0.05) is 54.1 Å². The van der Waals surface area contributed by atoms with E-state index < -0.39 is 17.6 Å². The Balaban J connectivity index is 1.72. The molecule has 0 saturated heterocycles. The van der Waals surface area contributed by atoms with Crippen LogP contribution in [-0.4, -0.2) is 20.7 Å². The standard InChI is InChI=1S/C22H14ClF3N4O/c23-16-9-5-11-18(13-16)30-20(14-6-2-1-3-7-14)28-19(29-30)21(31)27-17-10-4-8-15(12-17)22(24,25)26/h1-13H,(H,27,31). The summed E-state index contributed by atoms with van der Waals surface area (Å²) in [5.74, 6) is -0.550. The van der Waals surface area contributed by atoms with Gasteiger partial charge in [0.25, 0.3) is 5.91 Å². The van der Waals surface area contributed by atoms with Gasteiger partial charge in [-0.3, -0.25) is 4.79 Å². The van der Waals surface area contributed by atoms with E-state index in [9.17, 15) is 18.0 Å². The zero-order valence-corrected chi connectivity index (χ0v) is 16.5. The van der Waals surface area contributed by atoms with Gasteiger partial charge < -0.3 is 5.32 Å². The van der Waals surface area contributed by atoms with Gasteiger partial charge in [0.05, 0.1) is 11.3 Å². The lowest BCUT2D eigenvalue weighted by Crippen LogP contribution is -2.15. The highest BCUT2D eigenvalue weighted by Crippen LogP contribution is 2.31. The number of halogens is 4. The molecule has 0 saturated carbocycles. The second-order valence-corrected chi connectivity index (χ2v) is 6.99. The largest absolute Gasteiger partial charge is 0.416 e. The summed E-state index contributed by atoms with van der Waals surface area (Å²) in [7, 11) is 0. The molecule has 0 spiro atoms. The zero-order valence-electron chi connectivity index (χ0n) is 15.8. The van der Waals surface area contributed by atoms with Gasteiger partial charge in [0, 0.05) is 16.3 Å². The number of amides is 1. The summed E-state index contributed by atoms with van der Waals surface area (Å²) in [6.45, 7) is 0. The first-order chi connectivity index (χ1) is 14.8. The zero-order chi connectivity index (χ0) is 22.0. The number of rotatable bonds is 4. The van der Waals surface area contributed by atoms with E-state index in [0.29, 0.717) is 22.1 Å². The highest BCUT2D eigenvalue weighted by Gasteiger charge is 2.30. The van der Waals surface area contributed by atoms with Crippen molar-refractivity contribution in [3.8, 4) is 17.1 Å². The van der Waals surface area contributed by atoms with Gasteiger partial charge in [0.1, 0.15) is 0 Å². The van der Waals surface area contributed by atoms with Gasteiger partial charge >= 0.3 is 6.18 Å². The Labute approximate surface area is 180 Å². The van der Waals surface area contributed by atoms with Crippen LogP contribution in [0, 0.1) is 0 Å². The van der Waals surface area contributed by atoms with E-state index >= 15 is 0 Å². The molecule has 5 nitrogen and oxygen atoms in total. The first-order valence-corrected chi connectivity index (χ1v) is 9.46. The van der Waals surface area contributed by atoms with E-state index in [4.69, 9.17) is 11.6 Å². The molecular weight excluding hydrogens is 429 g/mol. The summed E-state index contributed by atoms with van der Waals surface area (Å²) < 4.78 is 40.3. The Bertz CT molecular complexity index is 1240. The van der Waals surface area contributed by atoms with Crippen molar-refractivity contribution in [2.75, 3.05) is 5.32 Å². The fraction of sp³-hybridized carbons (Fsp3) is 0.0455. The molecular formula is C22H14ClF3N4O. The van der Waals surface area contributed by atoms with E-state index in [2.05, 4.69) is 15.4 Å². The second kappa shape index (κ2) is 8.23. The van der Waals surface area contributed by atoms with Crippen LogP contribution in [0.15, 0.2) is 78.9 Å². The van der Waals surface area contributed by atoms with E-state index in [-0.39, 0.29) is 11.5 Å². The van der Waals surface area contributed by atoms with Gasteiger partial charge in [-0.15, -0.1) is 5.10 Å². The molecule has 1 amide bonds. The predicted octanol–water partition coefficient (Wildman–Crippen LogP) is 5.86. The lowest BCUT2D eigenvalue weighted by Gasteiger charge is -2.08. The third-order valence-electron chi connectivity index (χ3n) is 4.34. The van der Waals surface area contributed by atoms with Crippen LogP contribution < -0.4 is 5.32 Å². The summed E-state index contributed by atoms with van der Waals surface area (Å²) in [4.78, 5) is 17.0. The Morgan fingerprint density at radius 3 is 2.39 bits per heavy atom. The number of anilines is 1. The first-order valence-electron chi connectivity index (χ1n) is 9.08. The molecule has 1 N–H and O–H groups in total. The van der Waals surface area contributed by atoms with Crippen molar-refractivity contribution in [3.05, 3.63) is 95.3 Å². The predicted molar refractivity (Wildman–Crippen MR) is 111 cm³/mol. The SMILES string of the molecule is O=C(Nc1cccc(C(F)(F)F)c1)c1nc(-c2ccccc2)n(-c2cccc(Cl)c2)n1. The minimum absolute atomic E-state index is 0.0137. The van der Waals surface area contributed by atoms with Crippen molar-refractivity contribution < 1.29 is 18.0 Å². The van der Waals surface area contributed by atoms with Crippen molar-refractivity contribution in [3.63, 3.8) is 0 Å². The van der Waals surface area contributed by atoms with Crippen LogP contribution in [0.3, 0.4) is 0 Å². The van der Waals surface area contributed by atoms with E-state index in [1.165, 1.54) is 16.8 Å². The number of nitrogens with zero attached hydrogens (tertiary/aromatic N) is 3. The Hall–Kier alpha value is -3.65. The normalized spacial score (nSPS) is 11.4. The highest BCUT2D eigenvalue weighted by atomic mass is 35.5. The van der Waals surface area contributed by atoms with E-state index in [1.807, 2.05) is 18.2 Å². The van der Waals surface area contributed by atoms with Gasteiger partial charge in [-0.05, 0) is 36.4 Å². The van der Waals surface area contributed by atoms with Gasteiger partial charge in [-0.2, -0.15) is 13.2 Å². The van der Waals surface area contributed by atoms with Gasteiger partial charge in [0.15, 0.2) is 5.82 Å². The highest BCUT2D eigenvalue weighted by molar-refractivity contribution is 6.30. The van der Waals surface area contributed by atoms with Crippen LogP contribution in [0.5, 0.6) is 0 Å². The number of aromatic nitrogens is 3. The van der Waals surface area contributed by atoms with Crippen LogP contribution in [0.4, 0.5) is 18.9 Å². The van der Waals surface area contributed by atoms with Crippen molar-refractivity contribution >= 4 is 23.2 Å². The fourth-order valence-corrected chi connectivity index (χ4v) is 3.12. The van der Waals surface area contributed by atoms with Crippen LogP contribution >= 0.6 is 11.6 Å². The number of benzene rings is 3. The number of alkyl halides is 3. The fourth-order valence-electron chi connectivity index (χ4n) is 2.93. The number of nitrogens with one attached hydrogen (secondary N) is 1. The van der Waals surface area contributed by atoms with Crippen LogP contribution in [-0.2, 0) is 6.18 Å². The molecule has 0 aliphatic heterocycles. The monoisotopic (exact) mass is 442 g/mol. The number of hydrogen-bond donors (Lipinski definition) is 1. The third kappa shape index (κ3) is 4.59. The molecule has 31 heavy (non-hydrogen) atoms. The van der Waals surface area contributed by atoms with Crippen LogP contribution in [0.2, 0.25) is 5.02 Å². The molecule has 0 aliphatic rings. The quantitative estimate of drug-likeness (QED) is 0.430. The molecule has 0 bridgehead atoms. The molecule has 3 aromatic carbocycles. The van der Waals surface area contributed by atoms with Crippen molar-refractivity contribution in [2.24, 2.45) is 0 Å². The maximum Gasteiger partial charge on any atom is 0.416 e. The van der Waals surface area contributed by atoms with Crippen molar-refractivity contribution in [2.45, 2.75) is 6.18 Å².